The monoisotopic (exact) mass is 333 g/mol. The highest BCUT2D eigenvalue weighted by atomic mass is 32.2. The van der Waals surface area contributed by atoms with Crippen LogP contribution >= 0.6 is 0 Å². The molecule has 1 saturated heterocycles. The second-order valence-corrected chi connectivity index (χ2v) is 6.42. The van der Waals surface area contributed by atoms with Crippen LogP contribution in [0.3, 0.4) is 0 Å². The van der Waals surface area contributed by atoms with Crippen molar-refractivity contribution in [2.24, 2.45) is 0 Å². The largest absolute Gasteiger partial charge is 0.483 e. The number of hydrogen-bond donors (Lipinski definition) is 0. The number of rotatable bonds is 5. The van der Waals surface area contributed by atoms with Gasteiger partial charge in [-0.15, -0.1) is 5.14 Å². The van der Waals surface area contributed by atoms with Crippen LogP contribution in [0.25, 0.3) is 0 Å². The lowest BCUT2D eigenvalue weighted by Crippen LogP contribution is -2.37. The fourth-order valence-electron chi connectivity index (χ4n) is 2.02. The van der Waals surface area contributed by atoms with Crippen LogP contribution in [0.2, 0.25) is 0 Å². The van der Waals surface area contributed by atoms with E-state index in [1.807, 2.05) is 0 Å². The molecule has 0 saturated carbocycles. The zero-order valence-corrected chi connectivity index (χ0v) is 12.3. The number of nitro benzene ring substituents is 1. The molecule has 0 aliphatic carbocycles. The third-order valence-corrected chi connectivity index (χ3v) is 4.19. The number of halogens is 1. The Labute approximate surface area is 126 Å². The van der Waals surface area contributed by atoms with Crippen molar-refractivity contribution >= 4 is 15.7 Å². The predicted molar refractivity (Wildman–Crippen MR) is 72.8 cm³/mol. The maximum absolute atomic E-state index is 14.4. The molecule has 22 heavy (non-hydrogen) atoms. The summed E-state index contributed by atoms with van der Waals surface area (Å²) >= 11 is 0. The fourth-order valence-corrected chi connectivity index (χ4v) is 2.53. The topological polar surface area (TPSA) is 120 Å². The van der Waals surface area contributed by atoms with Crippen molar-refractivity contribution in [1.29, 1.82) is 0 Å². The van der Waals surface area contributed by atoms with Gasteiger partial charge in [0.2, 0.25) is 0 Å². The van der Waals surface area contributed by atoms with E-state index in [-0.39, 0.29) is 38.4 Å². The zero-order valence-electron chi connectivity index (χ0n) is 11.5. The summed E-state index contributed by atoms with van der Waals surface area (Å²) in [6.07, 6.45) is 0.250. The van der Waals surface area contributed by atoms with Gasteiger partial charge in [-0.2, -0.15) is 0 Å². The summed E-state index contributed by atoms with van der Waals surface area (Å²) < 4.78 is 46.8. The van der Waals surface area contributed by atoms with Gasteiger partial charge < -0.3 is 9.47 Å². The molecule has 1 aliphatic heterocycles. The number of benzene rings is 1. The molecule has 1 fully saturated rings. The Kier molecular flexibility index (Phi) is 4.63. The minimum Gasteiger partial charge on any atom is -0.483 e. The van der Waals surface area contributed by atoms with Crippen molar-refractivity contribution in [2.45, 2.75) is 23.4 Å². The average Bonchev–Trinajstić information content (AvgIpc) is 2.44. The molecule has 0 amide bonds. The predicted octanol–water partition coefficient (Wildman–Crippen LogP) is 1.46. The molecular formula is C12H14FN2O6S. The van der Waals surface area contributed by atoms with Gasteiger partial charge in [0, 0.05) is 32.1 Å². The second kappa shape index (κ2) is 6.15. The highest BCUT2D eigenvalue weighted by molar-refractivity contribution is 7.88. The average molecular weight is 333 g/mol. The highest BCUT2D eigenvalue weighted by Crippen LogP contribution is 2.32. The number of sulfonamides is 1. The van der Waals surface area contributed by atoms with Gasteiger partial charge in [-0.1, -0.05) is 0 Å². The zero-order chi connectivity index (χ0) is 16.4. The van der Waals surface area contributed by atoms with Gasteiger partial charge in [-0.05, 0) is 12.1 Å². The third kappa shape index (κ3) is 3.90. The number of nitrogens with one attached hydrogen (secondary N) is 1. The number of alkyl halides is 1. The summed E-state index contributed by atoms with van der Waals surface area (Å²) in [4.78, 5) is 9.63. The Morgan fingerprint density at radius 3 is 2.59 bits per heavy atom. The molecule has 1 radical (unpaired) electrons. The molecule has 1 N–H and O–H groups in total. The minimum absolute atomic E-state index is 0.125. The minimum atomic E-state index is -4.32. The molecule has 0 unspecified atom stereocenters. The molecule has 1 aromatic rings. The van der Waals surface area contributed by atoms with Gasteiger partial charge in [0.05, 0.1) is 9.82 Å². The summed E-state index contributed by atoms with van der Waals surface area (Å²) in [6.45, 7) is 0.111. The molecule has 10 heteroatoms. The molecular weight excluding hydrogens is 319 g/mol. The fraction of sp³-hybridized carbons (Fsp3) is 0.500. The molecule has 0 spiro atoms. The van der Waals surface area contributed by atoms with Crippen LogP contribution in [-0.4, -0.2) is 38.8 Å². The Morgan fingerprint density at radius 1 is 1.41 bits per heavy atom. The summed E-state index contributed by atoms with van der Waals surface area (Å²) in [5.74, 6) is -0.235. The first kappa shape index (κ1) is 16.6. The van der Waals surface area contributed by atoms with E-state index in [1.54, 1.807) is 0 Å². The highest BCUT2D eigenvalue weighted by Gasteiger charge is 2.34. The molecule has 2 rings (SSSR count). The molecule has 1 aromatic carbocycles. The maximum Gasteiger partial charge on any atom is 0.312 e. The van der Waals surface area contributed by atoms with E-state index in [4.69, 9.17) is 14.6 Å². The Morgan fingerprint density at radius 2 is 2.05 bits per heavy atom. The van der Waals surface area contributed by atoms with E-state index in [2.05, 4.69) is 0 Å². The van der Waals surface area contributed by atoms with Crippen molar-refractivity contribution in [3.63, 3.8) is 0 Å². The summed E-state index contributed by atoms with van der Waals surface area (Å²) in [5, 5.41) is 17.9. The number of ether oxygens (including phenoxy) is 2. The van der Waals surface area contributed by atoms with Crippen LogP contribution < -0.4 is 9.88 Å². The Balaban J connectivity index is 2.21. The maximum atomic E-state index is 14.4. The first-order valence-corrected chi connectivity index (χ1v) is 7.87. The standard InChI is InChI=1S/C12H14FN2O6S/c13-12(3-5-20-6-4-12)8-21-11-2-1-9(22(14,18)19)7-10(11)15(16)17/h1-2,7,14H,3-6,8H2. The van der Waals surface area contributed by atoms with Crippen molar-refractivity contribution in [3.8, 4) is 5.75 Å². The van der Waals surface area contributed by atoms with Crippen LogP contribution in [0.15, 0.2) is 23.1 Å². The lowest BCUT2D eigenvalue weighted by atomic mass is 9.98. The lowest BCUT2D eigenvalue weighted by Gasteiger charge is -2.29. The van der Waals surface area contributed by atoms with E-state index in [1.165, 1.54) is 0 Å². The van der Waals surface area contributed by atoms with Crippen molar-refractivity contribution in [3.05, 3.63) is 28.3 Å². The molecule has 0 bridgehead atoms. The molecule has 0 aromatic heterocycles. The van der Waals surface area contributed by atoms with Gasteiger partial charge in [0.15, 0.2) is 5.75 Å². The Bertz CT molecular complexity index is 672. The first-order chi connectivity index (χ1) is 10.2. The smallest absolute Gasteiger partial charge is 0.312 e. The van der Waals surface area contributed by atoms with E-state index < -0.39 is 31.2 Å². The molecule has 121 valence electrons. The molecule has 1 aliphatic rings. The first-order valence-electron chi connectivity index (χ1n) is 6.39. The van der Waals surface area contributed by atoms with Gasteiger partial charge in [0.25, 0.3) is 10.0 Å². The van der Waals surface area contributed by atoms with Gasteiger partial charge >= 0.3 is 5.69 Å². The van der Waals surface area contributed by atoms with Crippen LogP contribution in [-0.2, 0) is 14.8 Å². The summed E-state index contributed by atoms with van der Waals surface area (Å²) in [5.41, 5.74) is -2.25. The van der Waals surface area contributed by atoms with E-state index in [0.29, 0.717) is 0 Å². The van der Waals surface area contributed by atoms with Crippen molar-refractivity contribution < 1.29 is 27.2 Å². The van der Waals surface area contributed by atoms with Crippen LogP contribution in [0.1, 0.15) is 12.8 Å². The Hall–Kier alpha value is -1.78. The van der Waals surface area contributed by atoms with E-state index >= 15 is 0 Å². The van der Waals surface area contributed by atoms with Crippen molar-refractivity contribution in [1.82, 2.24) is 5.14 Å². The quantitative estimate of drug-likeness (QED) is 0.594. The van der Waals surface area contributed by atoms with E-state index in [9.17, 15) is 22.9 Å². The van der Waals surface area contributed by atoms with Crippen LogP contribution in [0.4, 0.5) is 10.1 Å². The van der Waals surface area contributed by atoms with Gasteiger partial charge in [-0.3, -0.25) is 10.1 Å². The molecule has 0 atom stereocenters. The van der Waals surface area contributed by atoms with Gasteiger partial charge in [0.1, 0.15) is 12.3 Å². The normalized spacial score (nSPS) is 17.9. The molecule has 1 heterocycles. The number of nitrogens with zero attached hydrogens (tertiary/aromatic N) is 1. The van der Waals surface area contributed by atoms with Gasteiger partial charge in [-0.25, -0.2) is 12.8 Å². The lowest BCUT2D eigenvalue weighted by molar-refractivity contribution is -0.386. The second-order valence-electron chi connectivity index (χ2n) is 4.94. The number of hydrogen-bond acceptors (Lipinski definition) is 6. The van der Waals surface area contributed by atoms with Crippen LogP contribution in [0, 0.1) is 10.1 Å². The summed E-state index contributed by atoms with van der Waals surface area (Å²) in [7, 11) is -4.32. The third-order valence-electron chi connectivity index (χ3n) is 3.31. The SMILES string of the molecule is [NH]S(=O)(=O)c1ccc(OCC2(F)CCOCC2)c([N+](=O)[O-])c1. The molecule has 8 nitrogen and oxygen atoms in total. The van der Waals surface area contributed by atoms with E-state index in [0.717, 1.165) is 18.2 Å². The van der Waals surface area contributed by atoms with Crippen LogP contribution in [0.5, 0.6) is 5.75 Å². The van der Waals surface area contributed by atoms with Crippen molar-refractivity contribution in [2.75, 3.05) is 19.8 Å². The number of nitro groups is 1. The summed E-state index contributed by atoms with van der Waals surface area (Å²) in [6, 6.07) is 2.80.